The lowest BCUT2D eigenvalue weighted by atomic mass is 9.80. The SMILES string of the molecule is COC(=O)[C@H](CCSC)NC(=O)C1(NC(=O)c2ccc(-c3csc(N4CCN(C)CC4)n3)cc2)CCCCC1. The highest BCUT2D eigenvalue weighted by atomic mass is 32.2. The van der Waals surface area contributed by atoms with Crippen molar-refractivity contribution in [1.82, 2.24) is 20.5 Å². The van der Waals surface area contributed by atoms with Gasteiger partial charge in [0.15, 0.2) is 5.13 Å². The molecule has 1 saturated carbocycles. The Balaban J connectivity index is 1.44. The molecule has 39 heavy (non-hydrogen) atoms. The van der Waals surface area contributed by atoms with Crippen LogP contribution in [0, 0.1) is 0 Å². The number of hydrogen-bond donors (Lipinski definition) is 2. The van der Waals surface area contributed by atoms with Crippen LogP contribution in [0.25, 0.3) is 11.3 Å². The van der Waals surface area contributed by atoms with Gasteiger partial charge in [0.1, 0.15) is 11.6 Å². The molecule has 0 spiro atoms. The molecule has 1 atom stereocenters. The summed E-state index contributed by atoms with van der Waals surface area (Å²) >= 11 is 3.24. The summed E-state index contributed by atoms with van der Waals surface area (Å²) in [5.74, 6) is -0.374. The van der Waals surface area contributed by atoms with Crippen molar-refractivity contribution >= 4 is 46.0 Å². The Morgan fingerprint density at radius 2 is 1.79 bits per heavy atom. The first kappa shape index (κ1) is 29.4. The number of amides is 2. The van der Waals surface area contributed by atoms with Gasteiger partial charge in [0.25, 0.3) is 5.91 Å². The Hall–Kier alpha value is -2.63. The lowest BCUT2D eigenvalue weighted by Gasteiger charge is -2.37. The van der Waals surface area contributed by atoms with Gasteiger partial charge in [-0.1, -0.05) is 31.4 Å². The van der Waals surface area contributed by atoms with Gasteiger partial charge in [-0.2, -0.15) is 11.8 Å². The van der Waals surface area contributed by atoms with Crippen LogP contribution in [0.15, 0.2) is 29.6 Å². The normalized spacial score (nSPS) is 18.3. The minimum atomic E-state index is -1.05. The van der Waals surface area contributed by atoms with Gasteiger partial charge in [0, 0.05) is 42.7 Å². The molecule has 2 fully saturated rings. The summed E-state index contributed by atoms with van der Waals surface area (Å²) in [5, 5.41) is 9.00. The predicted molar refractivity (Wildman–Crippen MR) is 157 cm³/mol. The maximum absolute atomic E-state index is 13.5. The number of nitrogens with one attached hydrogen (secondary N) is 2. The standard InChI is InChI=1S/C28H39N5O4S2/c1-32-14-16-33(17-15-32)27-30-23(19-39-27)20-7-9-21(10-8-20)24(34)31-28(12-5-4-6-13-28)26(36)29-22(11-18-38-3)25(35)37-2/h7-10,19,22H,4-6,11-18H2,1-3H3,(H,29,36)(H,31,34)/t22-/m0/s1. The number of hydrogen-bond acceptors (Lipinski definition) is 9. The first-order chi connectivity index (χ1) is 18.8. The van der Waals surface area contributed by atoms with E-state index in [1.54, 1.807) is 35.2 Å². The summed E-state index contributed by atoms with van der Waals surface area (Å²) in [5.41, 5.74) is 1.27. The van der Waals surface area contributed by atoms with Crippen molar-refractivity contribution in [2.45, 2.75) is 50.1 Å². The van der Waals surface area contributed by atoms with Gasteiger partial charge in [-0.15, -0.1) is 11.3 Å². The van der Waals surface area contributed by atoms with Crippen molar-refractivity contribution in [2.75, 3.05) is 57.2 Å². The molecule has 1 aromatic heterocycles. The minimum Gasteiger partial charge on any atom is -0.467 e. The molecule has 1 aromatic carbocycles. The van der Waals surface area contributed by atoms with Gasteiger partial charge in [-0.25, -0.2) is 9.78 Å². The van der Waals surface area contributed by atoms with E-state index in [0.29, 0.717) is 30.6 Å². The number of esters is 1. The fourth-order valence-electron chi connectivity index (χ4n) is 5.11. The third kappa shape index (κ3) is 7.32. The molecule has 1 aliphatic heterocycles. The van der Waals surface area contributed by atoms with E-state index in [4.69, 9.17) is 9.72 Å². The summed E-state index contributed by atoms with van der Waals surface area (Å²) in [4.78, 5) is 48.6. The van der Waals surface area contributed by atoms with Crippen molar-refractivity contribution < 1.29 is 19.1 Å². The van der Waals surface area contributed by atoms with Crippen LogP contribution >= 0.6 is 23.1 Å². The number of thioether (sulfide) groups is 1. The number of carbonyl (C=O) groups is 3. The van der Waals surface area contributed by atoms with Crippen LogP contribution in [0.3, 0.4) is 0 Å². The fourth-order valence-corrected chi connectivity index (χ4v) is 6.47. The Morgan fingerprint density at radius 1 is 1.10 bits per heavy atom. The zero-order valence-corrected chi connectivity index (χ0v) is 24.7. The van der Waals surface area contributed by atoms with Gasteiger partial charge in [-0.3, -0.25) is 9.59 Å². The molecule has 0 radical (unpaired) electrons. The Labute approximate surface area is 239 Å². The molecule has 2 aliphatic rings. The van der Waals surface area contributed by atoms with E-state index in [1.807, 2.05) is 18.4 Å². The zero-order chi connectivity index (χ0) is 27.8. The molecule has 4 rings (SSSR count). The number of benzene rings is 1. The number of nitrogens with zero attached hydrogens (tertiary/aromatic N) is 3. The zero-order valence-electron chi connectivity index (χ0n) is 23.0. The minimum absolute atomic E-state index is 0.297. The smallest absolute Gasteiger partial charge is 0.328 e. The largest absolute Gasteiger partial charge is 0.467 e. The highest BCUT2D eigenvalue weighted by Gasteiger charge is 2.42. The average Bonchev–Trinajstić information content (AvgIpc) is 3.46. The molecule has 2 N–H and O–H groups in total. The Kier molecular flexibility index (Phi) is 10.3. The van der Waals surface area contributed by atoms with Crippen molar-refractivity contribution in [3.05, 3.63) is 35.2 Å². The quantitative estimate of drug-likeness (QED) is 0.417. The predicted octanol–water partition coefficient (Wildman–Crippen LogP) is 3.41. The van der Waals surface area contributed by atoms with Crippen molar-refractivity contribution in [1.29, 1.82) is 0 Å². The van der Waals surface area contributed by atoms with Crippen molar-refractivity contribution in [3.63, 3.8) is 0 Å². The van der Waals surface area contributed by atoms with E-state index in [9.17, 15) is 14.4 Å². The summed E-state index contributed by atoms with van der Waals surface area (Å²) < 4.78 is 4.91. The van der Waals surface area contributed by atoms with Crippen LogP contribution in [0.4, 0.5) is 5.13 Å². The number of piperazine rings is 1. The second-order valence-electron chi connectivity index (χ2n) is 10.3. The molecule has 2 aromatic rings. The van der Waals surface area contributed by atoms with E-state index in [1.165, 1.54) is 7.11 Å². The van der Waals surface area contributed by atoms with Gasteiger partial charge >= 0.3 is 5.97 Å². The van der Waals surface area contributed by atoms with Gasteiger partial charge in [0.05, 0.1) is 12.8 Å². The van der Waals surface area contributed by atoms with Gasteiger partial charge < -0.3 is 25.2 Å². The number of likely N-dealkylation sites (N-methyl/N-ethyl adjacent to an activating group) is 1. The maximum Gasteiger partial charge on any atom is 0.328 e. The molecule has 9 nitrogen and oxygen atoms in total. The van der Waals surface area contributed by atoms with Crippen molar-refractivity contribution in [2.24, 2.45) is 0 Å². The first-order valence-corrected chi connectivity index (χ1v) is 15.8. The molecule has 2 amide bonds. The molecule has 212 valence electrons. The molecule has 1 aliphatic carbocycles. The molecular formula is C28H39N5O4S2. The van der Waals surface area contributed by atoms with E-state index >= 15 is 0 Å². The summed E-state index contributed by atoms with van der Waals surface area (Å²) in [6.07, 6.45) is 6.17. The summed E-state index contributed by atoms with van der Waals surface area (Å²) in [7, 11) is 3.46. The van der Waals surface area contributed by atoms with Crippen LogP contribution in [-0.4, -0.2) is 91.6 Å². The highest BCUT2D eigenvalue weighted by Crippen LogP contribution is 2.31. The third-order valence-corrected chi connectivity index (χ3v) is 9.15. The first-order valence-electron chi connectivity index (χ1n) is 13.5. The van der Waals surface area contributed by atoms with E-state index in [0.717, 1.165) is 61.8 Å². The number of anilines is 1. The summed E-state index contributed by atoms with van der Waals surface area (Å²) in [6.45, 7) is 3.99. The molecule has 1 saturated heterocycles. The van der Waals surface area contributed by atoms with Gasteiger partial charge in [0.2, 0.25) is 5.91 Å². The lowest BCUT2D eigenvalue weighted by molar-refractivity contribution is -0.146. The number of carbonyl (C=O) groups excluding carboxylic acids is 3. The molecule has 0 unspecified atom stereocenters. The van der Waals surface area contributed by atoms with Crippen LogP contribution in [-0.2, 0) is 14.3 Å². The number of thiazole rings is 1. The van der Waals surface area contributed by atoms with Crippen LogP contribution in [0.5, 0.6) is 0 Å². The van der Waals surface area contributed by atoms with Gasteiger partial charge in [-0.05, 0) is 50.5 Å². The van der Waals surface area contributed by atoms with E-state index in [-0.39, 0.29) is 11.8 Å². The third-order valence-electron chi connectivity index (χ3n) is 7.60. The Bertz CT molecular complexity index is 1130. The molecule has 2 heterocycles. The Morgan fingerprint density at radius 3 is 2.44 bits per heavy atom. The van der Waals surface area contributed by atoms with Crippen LogP contribution in [0.1, 0.15) is 48.9 Å². The number of ether oxygens (including phenoxy) is 1. The lowest BCUT2D eigenvalue weighted by Crippen LogP contribution is -2.62. The number of methoxy groups -OCH3 is 1. The maximum atomic E-state index is 13.5. The molecular weight excluding hydrogens is 534 g/mol. The van der Waals surface area contributed by atoms with E-state index in [2.05, 4.69) is 32.9 Å². The second kappa shape index (κ2) is 13.6. The fraction of sp³-hybridized carbons (Fsp3) is 0.571. The monoisotopic (exact) mass is 573 g/mol. The topological polar surface area (TPSA) is 104 Å². The average molecular weight is 574 g/mol. The van der Waals surface area contributed by atoms with Crippen molar-refractivity contribution in [3.8, 4) is 11.3 Å². The summed E-state index contributed by atoms with van der Waals surface area (Å²) in [6, 6.07) is 6.63. The highest BCUT2D eigenvalue weighted by molar-refractivity contribution is 7.98. The molecule has 11 heteroatoms. The van der Waals surface area contributed by atoms with Crippen LogP contribution < -0.4 is 15.5 Å². The number of aromatic nitrogens is 1. The number of rotatable bonds is 10. The molecule has 0 bridgehead atoms. The van der Waals surface area contributed by atoms with E-state index < -0.39 is 17.6 Å². The second-order valence-corrected chi connectivity index (χ2v) is 12.1. The van der Waals surface area contributed by atoms with Crippen LogP contribution in [0.2, 0.25) is 0 Å².